The summed E-state index contributed by atoms with van der Waals surface area (Å²) in [5.74, 6) is 1.86. The molecule has 0 saturated heterocycles. The number of nitrogens with one attached hydrogen (secondary N) is 2. The number of aryl methyl sites for hydroxylation is 2. The van der Waals surface area contributed by atoms with Crippen LogP contribution in [0.3, 0.4) is 0 Å². The van der Waals surface area contributed by atoms with Crippen molar-refractivity contribution in [2.45, 2.75) is 77.7 Å². The number of aromatic amines is 1. The van der Waals surface area contributed by atoms with Gasteiger partial charge in [-0.25, -0.2) is 4.98 Å². The van der Waals surface area contributed by atoms with Crippen molar-refractivity contribution >= 4 is 33.3 Å². The van der Waals surface area contributed by atoms with Crippen LogP contribution in [0.4, 0.5) is 5.82 Å². The van der Waals surface area contributed by atoms with Crippen molar-refractivity contribution in [2.75, 3.05) is 5.32 Å². The number of amides is 1. The Morgan fingerprint density at radius 3 is 2.87 bits per heavy atom. The molecule has 0 spiro atoms. The molecule has 1 aliphatic carbocycles. The summed E-state index contributed by atoms with van der Waals surface area (Å²) in [7, 11) is 0. The largest absolute Gasteiger partial charge is 0.304 e. The second kappa shape index (κ2) is 8.57. The standard InChI is InChI=1S/C23H29N5O2S/c1-14-19-22(25-18-10-6-3-7-11-28(18)23(19)30)31-20(14)21(29)24-17-13-16(26-27-17)12-15-8-4-2-5-9-15/h13,15H,2-12H2,1H3,(H2,24,26,27,29). The number of H-pyrrole nitrogens is 1. The van der Waals surface area contributed by atoms with Crippen LogP contribution >= 0.6 is 11.3 Å². The predicted molar refractivity (Wildman–Crippen MR) is 123 cm³/mol. The van der Waals surface area contributed by atoms with Crippen molar-refractivity contribution < 1.29 is 4.79 Å². The van der Waals surface area contributed by atoms with Gasteiger partial charge in [-0.05, 0) is 37.7 Å². The van der Waals surface area contributed by atoms with Gasteiger partial charge in [0.05, 0.1) is 10.3 Å². The minimum Gasteiger partial charge on any atom is -0.304 e. The van der Waals surface area contributed by atoms with Gasteiger partial charge in [-0.3, -0.25) is 19.3 Å². The fourth-order valence-electron chi connectivity index (χ4n) is 5.03. The van der Waals surface area contributed by atoms with E-state index in [9.17, 15) is 9.59 Å². The third-order valence-electron chi connectivity index (χ3n) is 6.72. The molecule has 8 heteroatoms. The fraction of sp³-hybridized carbons (Fsp3) is 0.565. The van der Waals surface area contributed by atoms with E-state index in [0.29, 0.717) is 38.9 Å². The zero-order valence-electron chi connectivity index (χ0n) is 18.0. The van der Waals surface area contributed by atoms with E-state index < -0.39 is 0 Å². The number of nitrogens with zero attached hydrogens (tertiary/aromatic N) is 3. The van der Waals surface area contributed by atoms with Crippen LogP contribution in [0.15, 0.2) is 10.9 Å². The summed E-state index contributed by atoms with van der Waals surface area (Å²) >= 11 is 1.31. The maximum Gasteiger partial charge on any atom is 0.267 e. The van der Waals surface area contributed by atoms with Gasteiger partial charge in [-0.1, -0.05) is 38.5 Å². The van der Waals surface area contributed by atoms with Gasteiger partial charge in [0.25, 0.3) is 11.5 Å². The fourth-order valence-corrected chi connectivity index (χ4v) is 6.12. The molecule has 164 valence electrons. The predicted octanol–water partition coefficient (Wildman–Crippen LogP) is 4.59. The molecule has 2 N–H and O–H groups in total. The van der Waals surface area contributed by atoms with E-state index in [2.05, 4.69) is 15.5 Å². The number of rotatable bonds is 4. The highest BCUT2D eigenvalue weighted by Gasteiger charge is 2.23. The van der Waals surface area contributed by atoms with Crippen molar-refractivity contribution in [2.24, 2.45) is 5.92 Å². The van der Waals surface area contributed by atoms with E-state index >= 15 is 0 Å². The average molecular weight is 440 g/mol. The number of fused-ring (bicyclic) bond motifs is 2. The summed E-state index contributed by atoms with van der Waals surface area (Å²) in [6.07, 6.45) is 11.5. The Hall–Kier alpha value is -2.48. The SMILES string of the molecule is Cc1c(C(=O)Nc2cc(CC3CCCCC3)[nH]n2)sc2nc3n(c(=O)c12)CCCCC3. The summed E-state index contributed by atoms with van der Waals surface area (Å²) in [5.41, 5.74) is 1.77. The van der Waals surface area contributed by atoms with Crippen LogP contribution in [0.25, 0.3) is 10.2 Å². The topological polar surface area (TPSA) is 92.7 Å². The van der Waals surface area contributed by atoms with E-state index in [1.54, 1.807) is 0 Å². The third kappa shape index (κ3) is 4.05. The van der Waals surface area contributed by atoms with Gasteiger partial charge >= 0.3 is 0 Å². The molecule has 1 aliphatic heterocycles. The molecule has 5 rings (SSSR count). The van der Waals surface area contributed by atoms with Crippen LogP contribution in [-0.4, -0.2) is 25.7 Å². The monoisotopic (exact) mass is 439 g/mol. The maximum absolute atomic E-state index is 13.1. The van der Waals surface area contributed by atoms with Gasteiger partial charge in [-0.15, -0.1) is 11.3 Å². The molecule has 1 fully saturated rings. The van der Waals surface area contributed by atoms with Crippen LogP contribution in [-0.2, 0) is 19.4 Å². The Bertz CT molecular complexity index is 1170. The van der Waals surface area contributed by atoms with Crippen molar-refractivity contribution in [1.29, 1.82) is 0 Å². The molecule has 0 atom stereocenters. The number of hydrogen-bond acceptors (Lipinski definition) is 5. The molecule has 1 amide bonds. The first kappa shape index (κ1) is 20.4. The summed E-state index contributed by atoms with van der Waals surface area (Å²) < 4.78 is 1.81. The smallest absolute Gasteiger partial charge is 0.267 e. The Morgan fingerprint density at radius 1 is 1.23 bits per heavy atom. The molecule has 0 unspecified atom stereocenters. The van der Waals surface area contributed by atoms with E-state index in [0.717, 1.165) is 43.6 Å². The minimum absolute atomic E-state index is 0.00997. The highest BCUT2D eigenvalue weighted by Crippen LogP contribution is 2.30. The lowest BCUT2D eigenvalue weighted by Gasteiger charge is -2.20. The van der Waals surface area contributed by atoms with Gasteiger partial charge in [0.2, 0.25) is 0 Å². The molecule has 3 aromatic rings. The van der Waals surface area contributed by atoms with E-state index in [1.165, 1.54) is 43.4 Å². The lowest BCUT2D eigenvalue weighted by molar-refractivity contribution is 0.102. The van der Waals surface area contributed by atoms with Crippen LogP contribution in [0.5, 0.6) is 0 Å². The number of carbonyl (C=O) groups excluding carboxylic acids is 1. The molecule has 2 aliphatic rings. The summed E-state index contributed by atoms with van der Waals surface area (Å²) in [6.45, 7) is 2.56. The van der Waals surface area contributed by atoms with Crippen LogP contribution in [0.1, 0.15) is 78.1 Å². The van der Waals surface area contributed by atoms with Crippen molar-refractivity contribution in [3.63, 3.8) is 0 Å². The van der Waals surface area contributed by atoms with Crippen molar-refractivity contribution in [3.05, 3.63) is 38.4 Å². The average Bonchev–Trinajstić information content (AvgIpc) is 3.24. The lowest BCUT2D eigenvalue weighted by Crippen LogP contribution is -2.24. The number of aromatic nitrogens is 4. The van der Waals surface area contributed by atoms with Gasteiger partial charge in [0, 0.05) is 24.7 Å². The third-order valence-corrected chi connectivity index (χ3v) is 7.91. The second-order valence-electron chi connectivity index (χ2n) is 8.97. The Labute approximate surface area is 185 Å². The molecular formula is C23H29N5O2S. The minimum atomic E-state index is -0.226. The van der Waals surface area contributed by atoms with Gasteiger partial charge in [-0.2, -0.15) is 5.10 Å². The van der Waals surface area contributed by atoms with Crippen LogP contribution in [0.2, 0.25) is 0 Å². The van der Waals surface area contributed by atoms with Gasteiger partial charge < -0.3 is 5.32 Å². The number of carbonyl (C=O) groups is 1. The van der Waals surface area contributed by atoms with E-state index in [4.69, 9.17) is 4.98 Å². The van der Waals surface area contributed by atoms with Crippen LogP contribution < -0.4 is 10.9 Å². The molecule has 3 aromatic heterocycles. The normalized spacial score (nSPS) is 17.5. The zero-order valence-corrected chi connectivity index (χ0v) is 18.8. The molecule has 0 bridgehead atoms. The maximum atomic E-state index is 13.1. The molecule has 31 heavy (non-hydrogen) atoms. The van der Waals surface area contributed by atoms with Crippen molar-refractivity contribution in [1.82, 2.24) is 19.7 Å². The van der Waals surface area contributed by atoms with Gasteiger partial charge in [0.15, 0.2) is 5.82 Å². The molecule has 7 nitrogen and oxygen atoms in total. The number of anilines is 1. The van der Waals surface area contributed by atoms with E-state index in [-0.39, 0.29) is 11.5 Å². The Morgan fingerprint density at radius 2 is 2.03 bits per heavy atom. The highest BCUT2D eigenvalue weighted by atomic mass is 32.1. The van der Waals surface area contributed by atoms with Crippen LogP contribution in [0, 0.1) is 12.8 Å². The lowest BCUT2D eigenvalue weighted by atomic mass is 9.86. The molecular weight excluding hydrogens is 410 g/mol. The first-order valence-electron chi connectivity index (χ1n) is 11.5. The highest BCUT2D eigenvalue weighted by molar-refractivity contribution is 7.20. The summed E-state index contributed by atoms with van der Waals surface area (Å²) in [6, 6.07) is 1.94. The molecule has 0 radical (unpaired) electrons. The number of hydrogen-bond donors (Lipinski definition) is 2. The summed E-state index contributed by atoms with van der Waals surface area (Å²) in [4.78, 5) is 32.1. The van der Waals surface area contributed by atoms with Gasteiger partial charge in [0.1, 0.15) is 10.7 Å². The number of thiophene rings is 1. The first-order valence-corrected chi connectivity index (χ1v) is 12.3. The Kier molecular flexibility index (Phi) is 5.65. The molecule has 0 aromatic carbocycles. The Balaban J connectivity index is 1.37. The molecule has 4 heterocycles. The second-order valence-corrected chi connectivity index (χ2v) is 9.97. The van der Waals surface area contributed by atoms with Crippen molar-refractivity contribution in [3.8, 4) is 0 Å². The van der Waals surface area contributed by atoms with E-state index in [1.807, 2.05) is 17.6 Å². The first-order chi connectivity index (χ1) is 15.1. The zero-order chi connectivity index (χ0) is 21.4. The summed E-state index contributed by atoms with van der Waals surface area (Å²) in [5, 5.41) is 10.9. The molecule has 1 saturated carbocycles. The quantitative estimate of drug-likeness (QED) is 0.622.